The number of ketones is 1. The number of hydrogen-bond acceptors (Lipinski definition) is 5. The maximum absolute atomic E-state index is 12.1. The molecule has 0 atom stereocenters. The summed E-state index contributed by atoms with van der Waals surface area (Å²) in [6.07, 6.45) is 5.05. The third-order valence-corrected chi connectivity index (χ3v) is 4.12. The molecule has 2 aromatic heterocycles. The van der Waals surface area contributed by atoms with Gasteiger partial charge in [0, 0.05) is 12.0 Å². The van der Waals surface area contributed by atoms with Crippen LogP contribution in [0, 0.1) is 0 Å². The van der Waals surface area contributed by atoms with Crippen molar-refractivity contribution in [2.45, 2.75) is 6.42 Å². The summed E-state index contributed by atoms with van der Waals surface area (Å²) >= 11 is 0.977. The van der Waals surface area contributed by atoms with Crippen LogP contribution < -0.4 is 4.87 Å². The molecule has 0 radical (unpaired) electrons. The molecule has 6 heteroatoms. The van der Waals surface area contributed by atoms with Gasteiger partial charge in [0.15, 0.2) is 5.78 Å². The Morgan fingerprint density at radius 1 is 1.26 bits per heavy atom. The first-order chi connectivity index (χ1) is 11.1. The highest BCUT2D eigenvalue weighted by atomic mass is 32.1. The predicted molar refractivity (Wildman–Crippen MR) is 87.9 cm³/mol. The Kier molecular flexibility index (Phi) is 4.25. The number of thiazole rings is 1. The van der Waals surface area contributed by atoms with Crippen molar-refractivity contribution >= 4 is 23.2 Å². The van der Waals surface area contributed by atoms with Crippen molar-refractivity contribution in [3.63, 3.8) is 0 Å². The van der Waals surface area contributed by atoms with Gasteiger partial charge in [-0.05, 0) is 29.8 Å². The predicted octanol–water partition coefficient (Wildman–Crippen LogP) is 3.22. The normalized spacial score (nSPS) is 11.1. The molecule has 3 aromatic rings. The Hall–Kier alpha value is -2.86. The second kappa shape index (κ2) is 6.50. The Morgan fingerprint density at radius 2 is 2.04 bits per heavy atom. The summed E-state index contributed by atoms with van der Waals surface area (Å²) in [6.45, 7) is 0. The number of allylic oxidation sites excluding steroid dienone is 1. The van der Waals surface area contributed by atoms with Crippen molar-refractivity contribution in [1.29, 1.82) is 0 Å². The van der Waals surface area contributed by atoms with Gasteiger partial charge in [-0.15, -0.1) is 0 Å². The van der Waals surface area contributed by atoms with Crippen LogP contribution in [-0.2, 0) is 6.42 Å². The van der Waals surface area contributed by atoms with Crippen molar-refractivity contribution in [3.05, 3.63) is 80.2 Å². The molecule has 2 heterocycles. The van der Waals surface area contributed by atoms with Crippen LogP contribution in [0.5, 0.6) is 5.88 Å². The fourth-order valence-electron chi connectivity index (χ4n) is 2.08. The number of nitrogens with one attached hydrogen (secondary N) is 1. The van der Waals surface area contributed by atoms with E-state index >= 15 is 0 Å². The third kappa shape index (κ3) is 3.67. The highest BCUT2D eigenvalue weighted by Crippen LogP contribution is 2.20. The summed E-state index contributed by atoms with van der Waals surface area (Å²) in [5, 5.41) is 9.58. The van der Waals surface area contributed by atoms with Crippen molar-refractivity contribution < 1.29 is 14.3 Å². The van der Waals surface area contributed by atoms with E-state index in [9.17, 15) is 14.7 Å². The number of aromatic nitrogens is 1. The van der Waals surface area contributed by atoms with Gasteiger partial charge in [-0.2, -0.15) is 0 Å². The molecule has 116 valence electrons. The molecule has 3 rings (SSSR count). The molecule has 0 saturated heterocycles. The first-order valence-corrected chi connectivity index (χ1v) is 7.69. The third-order valence-electron chi connectivity index (χ3n) is 3.25. The number of aromatic amines is 1. The van der Waals surface area contributed by atoms with E-state index in [1.54, 1.807) is 48.7 Å². The van der Waals surface area contributed by atoms with Crippen LogP contribution in [0.1, 0.15) is 26.6 Å². The van der Waals surface area contributed by atoms with Crippen LogP contribution >= 0.6 is 11.3 Å². The largest absolute Gasteiger partial charge is 0.494 e. The van der Waals surface area contributed by atoms with Gasteiger partial charge in [-0.25, -0.2) is 0 Å². The van der Waals surface area contributed by atoms with Gasteiger partial charge >= 0.3 is 4.87 Å². The van der Waals surface area contributed by atoms with Gasteiger partial charge in [0.1, 0.15) is 5.76 Å². The molecular formula is C17H13NO4S. The number of carbonyl (C=O) groups is 1. The minimum Gasteiger partial charge on any atom is -0.494 e. The molecule has 0 spiro atoms. The topological polar surface area (TPSA) is 83.3 Å². The maximum atomic E-state index is 12.1. The number of furan rings is 1. The number of H-pyrrole nitrogens is 1. The molecule has 0 saturated carbocycles. The fraction of sp³-hybridized carbons (Fsp3) is 0.0588. The lowest BCUT2D eigenvalue weighted by Crippen LogP contribution is -1.95. The number of aromatic hydroxyl groups is 1. The Labute approximate surface area is 135 Å². The molecule has 2 N–H and O–H groups in total. The summed E-state index contributed by atoms with van der Waals surface area (Å²) < 4.78 is 5.13. The van der Waals surface area contributed by atoms with Crippen molar-refractivity contribution in [3.8, 4) is 5.88 Å². The Balaban J connectivity index is 1.70. The maximum Gasteiger partial charge on any atom is 0.307 e. The molecule has 0 aliphatic heterocycles. The smallest absolute Gasteiger partial charge is 0.307 e. The zero-order valence-corrected chi connectivity index (χ0v) is 12.8. The monoisotopic (exact) mass is 327 g/mol. The van der Waals surface area contributed by atoms with Gasteiger partial charge < -0.3 is 9.52 Å². The standard InChI is InChI=1S/C17H13NO4S/c19-14(8-7-13-2-1-9-22-13)12-5-3-11(4-6-12)10-15-16(20)18-17(21)23-15/h1-9,20H,10H2,(H,18,21). The summed E-state index contributed by atoms with van der Waals surface area (Å²) in [5.41, 5.74) is 1.46. The number of benzene rings is 1. The minimum absolute atomic E-state index is 0.0958. The number of carbonyl (C=O) groups excluding carboxylic acids is 1. The van der Waals surface area contributed by atoms with Crippen LogP contribution in [0.4, 0.5) is 0 Å². The van der Waals surface area contributed by atoms with E-state index in [2.05, 4.69) is 4.98 Å². The highest BCUT2D eigenvalue weighted by Gasteiger charge is 2.08. The average molecular weight is 327 g/mol. The number of rotatable bonds is 5. The molecule has 0 unspecified atom stereocenters. The lowest BCUT2D eigenvalue weighted by atomic mass is 10.1. The van der Waals surface area contributed by atoms with Gasteiger partial charge in [-0.3, -0.25) is 14.6 Å². The number of hydrogen-bond donors (Lipinski definition) is 2. The van der Waals surface area contributed by atoms with Gasteiger partial charge in [0.05, 0.1) is 11.1 Å². The Bertz CT molecular complexity index is 886. The van der Waals surface area contributed by atoms with E-state index in [4.69, 9.17) is 4.42 Å². The summed E-state index contributed by atoms with van der Waals surface area (Å²) in [6, 6.07) is 10.6. The van der Waals surface area contributed by atoms with Crippen LogP contribution in [0.25, 0.3) is 6.08 Å². The lowest BCUT2D eigenvalue weighted by Gasteiger charge is -2.01. The minimum atomic E-state index is -0.285. The molecule has 0 bridgehead atoms. The van der Waals surface area contributed by atoms with E-state index in [0.29, 0.717) is 22.6 Å². The first-order valence-electron chi connectivity index (χ1n) is 6.87. The SMILES string of the molecule is O=C(C=Cc1ccco1)c1ccc(Cc2sc(=O)[nH]c2O)cc1. The Morgan fingerprint density at radius 3 is 2.65 bits per heavy atom. The fourth-order valence-corrected chi connectivity index (χ4v) is 2.84. The molecule has 0 aliphatic rings. The summed E-state index contributed by atoms with van der Waals surface area (Å²) in [7, 11) is 0. The van der Waals surface area contributed by atoms with E-state index in [0.717, 1.165) is 16.9 Å². The van der Waals surface area contributed by atoms with Crippen LogP contribution in [-0.4, -0.2) is 15.9 Å². The van der Waals surface area contributed by atoms with Crippen LogP contribution in [0.2, 0.25) is 0 Å². The van der Waals surface area contributed by atoms with E-state index in [-0.39, 0.29) is 16.5 Å². The molecule has 23 heavy (non-hydrogen) atoms. The van der Waals surface area contributed by atoms with Crippen molar-refractivity contribution in [2.75, 3.05) is 0 Å². The van der Waals surface area contributed by atoms with E-state index in [1.165, 1.54) is 6.08 Å². The van der Waals surface area contributed by atoms with Gasteiger partial charge in [0.25, 0.3) is 0 Å². The molecular weight excluding hydrogens is 314 g/mol. The summed E-state index contributed by atoms with van der Waals surface area (Å²) in [4.78, 5) is 25.8. The van der Waals surface area contributed by atoms with E-state index in [1.807, 2.05) is 0 Å². The summed E-state index contributed by atoms with van der Waals surface area (Å²) in [5.74, 6) is 0.399. The van der Waals surface area contributed by atoms with Crippen molar-refractivity contribution in [1.82, 2.24) is 4.98 Å². The van der Waals surface area contributed by atoms with Gasteiger partial charge in [0.2, 0.25) is 5.88 Å². The second-order valence-electron chi connectivity index (χ2n) is 4.87. The molecule has 1 aromatic carbocycles. The van der Waals surface area contributed by atoms with Gasteiger partial charge in [-0.1, -0.05) is 35.6 Å². The lowest BCUT2D eigenvalue weighted by molar-refractivity contribution is 0.104. The first kappa shape index (κ1) is 15.1. The molecule has 0 amide bonds. The second-order valence-corrected chi connectivity index (χ2v) is 5.94. The highest BCUT2D eigenvalue weighted by molar-refractivity contribution is 7.09. The van der Waals surface area contributed by atoms with Crippen LogP contribution in [0.15, 0.2) is 57.9 Å². The average Bonchev–Trinajstić information content (AvgIpc) is 3.16. The molecule has 5 nitrogen and oxygen atoms in total. The zero-order valence-electron chi connectivity index (χ0n) is 12.0. The van der Waals surface area contributed by atoms with Crippen LogP contribution in [0.3, 0.4) is 0 Å². The zero-order chi connectivity index (χ0) is 16.2. The molecule has 0 fully saturated rings. The van der Waals surface area contributed by atoms with E-state index < -0.39 is 0 Å². The quantitative estimate of drug-likeness (QED) is 0.557. The molecule has 0 aliphatic carbocycles. The van der Waals surface area contributed by atoms with Crippen molar-refractivity contribution in [2.24, 2.45) is 0 Å².